The average Bonchev–Trinajstić information content (AvgIpc) is 3.09. The summed E-state index contributed by atoms with van der Waals surface area (Å²) in [5.74, 6) is 0.176. The van der Waals surface area contributed by atoms with E-state index < -0.39 is 11.9 Å². The van der Waals surface area contributed by atoms with Crippen LogP contribution >= 0.6 is 0 Å². The Labute approximate surface area is 154 Å². The van der Waals surface area contributed by atoms with E-state index in [1.54, 1.807) is 0 Å². The maximum atomic E-state index is 12.7. The van der Waals surface area contributed by atoms with Crippen LogP contribution in [0.1, 0.15) is 42.7 Å². The lowest BCUT2D eigenvalue weighted by atomic mass is 9.92. The summed E-state index contributed by atoms with van der Waals surface area (Å²) in [5, 5.41) is 6.36. The molecule has 1 N–H and O–H groups in total. The molecule has 0 bridgehead atoms. The van der Waals surface area contributed by atoms with Gasteiger partial charge in [-0.15, -0.1) is 0 Å². The number of hydrogen-bond acceptors (Lipinski definition) is 4. The lowest BCUT2D eigenvalue weighted by molar-refractivity contribution is -0.141. The highest BCUT2D eigenvalue weighted by molar-refractivity contribution is 5.94. The lowest BCUT2D eigenvalue weighted by Crippen LogP contribution is -2.37. The van der Waals surface area contributed by atoms with Gasteiger partial charge in [0.15, 0.2) is 11.5 Å². The zero-order valence-electron chi connectivity index (χ0n) is 15.0. The first kappa shape index (κ1) is 19.3. The largest absolute Gasteiger partial charge is 0.435 e. The lowest BCUT2D eigenvalue weighted by Gasteiger charge is -2.32. The average molecular weight is 382 g/mol. The number of alkyl halides is 3. The quantitative estimate of drug-likeness (QED) is 0.882. The molecule has 2 unspecified atom stereocenters. The van der Waals surface area contributed by atoms with E-state index in [4.69, 9.17) is 4.74 Å². The normalized spacial score (nSPS) is 23.2. The van der Waals surface area contributed by atoms with E-state index in [0.717, 1.165) is 29.8 Å². The fourth-order valence-corrected chi connectivity index (χ4v) is 3.34. The molecule has 1 fully saturated rings. The van der Waals surface area contributed by atoms with Gasteiger partial charge in [0.2, 0.25) is 0 Å². The van der Waals surface area contributed by atoms with Gasteiger partial charge in [-0.1, -0.05) is 0 Å². The molecule has 6 nitrogen and oxygen atoms in total. The highest BCUT2D eigenvalue weighted by atomic mass is 19.4. The topological polar surface area (TPSA) is 69.0 Å². The number of ether oxygens (including phenoxy) is 1. The van der Waals surface area contributed by atoms with Gasteiger partial charge in [0, 0.05) is 24.5 Å². The van der Waals surface area contributed by atoms with Crippen LogP contribution in [0.15, 0.2) is 30.6 Å². The Morgan fingerprint density at radius 1 is 1.30 bits per heavy atom. The van der Waals surface area contributed by atoms with Gasteiger partial charge in [-0.3, -0.25) is 4.79 Å². The molecule has 0 spiro atoms. The molecule has 3 rings (SSSR count). The third kappa shape index (κ3) is 4.85. The maximum Gasteiger partial charge on any atom is 0.435 e. The summed E-state index contributed by atoms with van der Waals surface area (Å²) in [4.78, 5) is 16.4. The number of rotatable bonds is 4. The third-order valence-corrected chi connectivity index (χ3v) is 4.47. The summed E-state index contributed by atoms with van der Waals surface area (Å²) in [6, 6.07) is 3.79. The number of halogens is 3. The van der Waals surface area contributed by atoms with E-state index in [-0.39, 0.29) is 23.9 Å². The Kier molecular flexibility index (Phi) is 5.50. The van der Waals surface area contributed by atoms with Crippen LogP contribution in [0, 0.1) is 5.92 Å². The summed E-state index contributed by atoms with van der Waals surface area (Å²) in [6.07, 6.45) is 0.0734. The van der Waals surface area contributed by atoms with Crippen LogP contribution in [0.4, 0.5) is 13.2 Å². The van der Waals surface area contributed by atoms with Crippen LogP contribution in [0.5, 0.6) is 0 Å². The second-order valence-electron chi connectivity index (χ2n) is 6.85. The molecule has 2 aromatic heterocycles. The summed E-state index contributed by atoms with van der Waals surface area (Å²) < 4.78 is 44.8. The molecule has 0 aliphatic carbocycles. The molecule has 1 saturated heterocycles. The molecule has 1 aliphatic rings. The first-order chi connectivity index (χ1) is 12.7. The molecule has 0 radical (unpaired) electrons. The van der Waals surface area contributed by atoms with Gasteiger partial charge in [0.25, 0.3) is 5.91 Å². The number of carbonyl (C=O) groups is 1. The third-order valence-electron chi connectivity index (χ3n) is 4.47. The predicted octanol–water partition coefficient (Wildman–Crippen LogP) is 3.22. The molecular weight excluding hydrogens is 361 g/mol. The highest BCUT2D eigenvalue weighted by Gasteiger charge is 2.33. The fraction of sp³-hybridized carbons (Fsp3) is 0.500. The van der Waals surface area contributed by atoms with Gasteiger partial charge in [-0.25, -0.2) is 9.67 Å². The van der Waals surface area contributed by atoms with Crippen molar-refractivity contribution in [2.24, 2.45) is 5.92 Å². The number of pyridine rings is 1. The van der Waals surface area contributed by atoms with Crippen molar-refractivity contribution >= 4 is 5.91 Å². The van der Waals surface area contributed by atoms with Crippen LogP contribution in [-0.2, 0) is 10.9 Å². The Bertz CT molecular complexity index is 796. The number of amides is 1. The summed E-state index contributed by atoms with van der Waals surface area (Å²) in [5.41, 5.74) is -0.695. The number of hydrogen-bond donors (Lipinski definition) is 1. The first-order valence-corrected chi connectivity index (χ1v) is 8.75. The van der Waals surface area contributed by atoms with Crippen molar-refractivity contribution in [1.82, 2.24) is 20.1 Å². The molecule has 27 heavy (non-hydrogen) atoms. The highest BCUT2D eigenvalue weighted by Crippen LogP contribution is 2.28. The molecule has 0 saturated carbocycles. The minimum Gasteiger partial charge on any atom is -0.376 e. The molecule has 3 heterocycles. The first-order valence-electron chi connectivity index (χ1n) is 8.75. The van der Waals surface area contributed by atoms with E-state index in [2.05, 4.69) is 15.4 Å². The second-order valence-corrected chi connectivity index (χ2v) is 6.85. The van der Waals surface area contributed by atoms with Crippen molar-refractivity contribution in [3.05, 3.63) is 41.9 Å². The Balaban J connectivity index is 1.66. The predicted molar refractivity (Wildman–Crippen MR) is 91.4 cm³/mol. The fourth-order valence-electron chi connectivity index (χ4n) is 3.34. The van der Waals surface area contributed by atoms with Crippen molar-refractivity contribution in [3.63, 3.8) is 0 Å². The van der Waals surface area contributed by atoms with Crippen molar-refractivity contribution < 1.29 is 22.7 Å². The summed E-state index contributed by atoms with van der Waals surface area (Å²) in [6.45, 7) is 4.55. The maximum absolute atomic E-state index is 12.7. The summed E-state index contributed by atoms with van der Waals surface area (Å²) in [7, 11) is 0. The van der Waals surface area contributed by atoms with Gasteiger partial charge < -0.3 is 10.1 Å². The molecule has 9 heteroatoms. The molecule has 2 atom stereocenters. The van der Waals surface area contributed by atoms with Gasteiger partial charge in [0.1, 0.15) is 0 Å². The van der Waals surface area contributed by atoms with Crippen LogP contribution in [0.25, 0.3) is 5.82 Å². The molecule has 0 aromatic carbocycles. The van der Waals surface area contributed by atoms with Gasteiger partial charge in [0.05, 0.1) is 12.2 Å². The van der Waals surface area contributed by atoms with E-state index in [1.807, 2.05) is 13.8 Å². The zero-order valence-corrected chi connectivity index (χ0v) is 15.0. The second kappa shape index (κ2) is 7.67. The van der Waals surface area contributed by atoms with Crippen molar-refractivity contribution in [2.75, 3.05) is 6.54 Å². The molecule has 1 aliphatic heterocycles. The van der Waals surface area contributed by atoms with Crippen LogP contribution in [0.2, 0.25) is 0 Å². The van der Waals surface area contributed by atoms with E-state index in [0.29, 0.717) is 18.0 Å². The van der Waals surface area contributed by atoms with Crippen LogP contribution in [0.3, 0.4) is 0 Å². The molecule has 2 aromatic rings. The van der Waals surface area contributed by atoms with Gasteiger partial charge in [-0.2, -0.15) is 18.3 Å². The number of nitrogens with one attached hydrogen (secondary N) is 1. The van der Waals surface area contributed by atoms with Gasteiger partial charge >= 0.3 is 6.18 Å². The van der Waals surface area contributed by atoms with Gasteiger partial charge in [-0.05, 0) is 50.8 Å². The van der Waals surface area contributed by atoms with Crippen LogP contribution in [-0.4, -0.2) is 39.4 Å². The van der Waals surface area contributed by atoms with Crippen molar-refractivity contribution in [1.29, 1.82) is 0 Å². The van der Waals surface area contributed by atoms with Crippen molar-refractivity contribution in [2.45, 2.75) is 45.1 Å². The number of carbonyl (C=O) groups excluding carboxylic acids is 1. The Morgan fingerprint density at radius 3 is 2.63 bits per heavy atom. The minimum atomic E-state index is -4.53. The number of nitrogens with zero attached hydrogens (tertiary/aromatic N) is 3. The standard InChI is InChI=1S/C18H21F3N4O2/c1-11-7-13(8-12(2)27-11)10-23-17(26)14-3-5-22-16(9-14)25-6-4-15(24-25)18(19,20)21/h3-6,9,11-13H,7-8,10H2,1-2H3,(H,23,26). The van der Waals surface area contributed by atoms with E-state index in [1.165, 1.54) is 18.3 Å². The van der Waals surface area contributed by atoms with E-state index in [9.17, 15) is 18.0 Å². The Hall–Kier alpha value is -2.42. The summed E-state index contributed by atoms with van der Waals surface area (Å²) >= 11 is 0. The molecule has 146 valence electrons. The molecule has 1 amide bonds. The van der Waals surface area contributed by atoms with E-state index >= 15 is 0 Å². The monoisotopic (exact) mass is 382 g/mol. The van der Waals surface area contributed by atoms with Crippen LogP contribution < -0.4 is 5.32 Å². The zero-order chi connectivity index (χ0) is 19.6. The van der Waals surface area contributed by atoms with Crippen molar-refractivity contribution in [3.8, 4) is 5.82 Å². The number of aromatic nitrogens is 3. The smallest absolute Gasteiger partial charge is 0.376 e. The Morgan fingerprint density at radius 2 is 2.00 bits per heavy atom. The SMILES string of the molecule is CC1CC(CNC(=O)c2ccnc(-n3ccc(C(F)(F)F)n3)c2)CC(C)O1. The molecular formula is C18H21F3N4O2. The minimum absolute atomic E-state index is 0.145.